The van der Waals surface area contributed by atoms with Gasteiger partial charge in [-0.15, -0.1) is 0 Å². The first-order valence-electron chi connectivity index (χ1n) is 5.81. The molecule has 0 radical (unpaired) electrons. The van der Waals surface area contributed by atoms with Crippen LogP contribution in [0.1, 0.15) is 46.5 Å². The third kappa shape index (κ3) is 5.73. The van der Waals surface area contributed by atoms with E-state index < -0.39 is 17.9 Å². The van der Waals surface area contributed by atoms with Crippen molar-refractivity contribution in [2.45, 2.75) is 46.5 Å². The predicted molar refractivity (Wildman–Crippen MR) is 61.2 cm³/mol. The van der Waals surface area contributed by atoms with Gasteiger partial charge in [0, 0.05) is 0 Å². The van der Waals surface area contributed by atoms with Crippen LogP contribution in [-0.4, -0.2) is 22.2 Å². The highest BCUT2D eigenvalue weighted by Crippen LogP contribution is 2.20. The third-order valence-electron chi connectivity index (χ3n) is 2.79. The van der Waals surface area contributed by atoms with E-state index in [1.54, 1.807) is 6.92 Å². The first-order valence-corrected chi connectivity index (χ1v) is 5.81. The van der Waals surface area contributed by atoms with E-state index in [9.17, 15) is 9.59 Å². The van der Waals surface area contributed by atoms with Crippen LogP contribution >= 0.6 is 0 Å². The van der Waals surface area contributed by atoms with Gasteiger partial charge in [-0.05, 0) is 18.3 Å². The fourth-order valence-corrected chi connectivity index (χ4v) is 1.78. The maximum Gasteiger partial charge on any atom is 0.318 e. The van der Waals surface area contributed by atoms with E-state index in [-0.39, 0.29) is 5.92 Å². The number of carbonyl (C=O) groups is 2. The van der Waals surface area contributed by atoms with Gasteiger partial charge in [0.1, 0.15) is 0 Å². The van der Waals surface area contributed by atoms with Crippen LogP contribution in [-0.2, 0) is 9.59 Å². The monoisotopic (exact) mass is 230 g/mol. The lowest BCUT2D eigenvalue weighted by Gasteiger charge is -2.16. The zero-order valence-electron chi connectivity index (χ0n) is 10.3. The Balaban J connectivity index is 3.98. The van der Waals surface area contributed by atoms with Gasteiger partial charge in [-0.3, -0.25) is 9.59 Å². The molecule has 0 aromatic heterocycles. The molecule has 0 saturated heterocycles. The Kier molecular flexibility index (Phi) is 6.77. The fourth-order valence-electron chi connectivity index (χ4n) is 1.78. The molecule has 4 heteroatoms. The minimum Gasteiger partial charge on any atom is -0.481 e. The quantitative estimate of drug-likeness (QED) is 0.496. The van der Waals surface area contributed by atoms with Gasteiger partial charge in [0.25, 0.3) is 0 Å². The minimum absolute atomic E-state index is 0.304. The zero-order valence-corrected chi connectivity index (χ0v) is 10.3. The highest BCUT2D eigenvalue weighted by Gasteiger charge is 2.31. The molecule has 0 saturated carbocycles. The Bertz CT molecular complexity index is 221. The number of hydrogen-bond donors (Lipinski definition) is 2. The molecule has 16 heavy (non-hydrogen) atoms. The second kappa shape index (κ2) is 7.25. The van der Waals surface area contributed by atoms with Gasteiger partial charge in [0.15, 0.2) is 5.92 Å². The van der Waals surface area contributed by atoms with E-state index in [1.807, 2.05) is 0 Å². The highest BCUT2D eigenvalue weighted by molar-refractivity contribution is 5.93. The van der Waals surface area contributed by atoms with Crippen molar-refractivity contribution < 1.29 is 19.8 Å². The lowest BCUT2D eigenvalue weighted by Crippen LogP contribution is -2.29. The van der Waals surface area contributed by atoms with Crippen molar-refractivity contribution in [2.75, 3.05) is 0 Å². The second-order valence-electron chi connectivity index (χ2n) is 4.81. The summed E-state index contributed by atoms with van der Waals surface area (Å²) in [7, 11) is 0. The fraction of sp³-hybridized carbons (Fsp3) is 0.833. The summed E-state index contributed by atoms with van der Waals surface area (Å²) in [5.74, 6) is -3.39. The molecule has 94 valence electrons. The molecule has 4 nitrogen and oxygen atoms in total. The number of carboxylic acid groups (broad SMARTS) is 2. The molecule has 0 aromatic rings. The van der Waals surface area contributed by atoms with E-state index >= 15 is 0 Å². The van der Waals surface area contributed by atoms with Crippen molar-refractivity contribution in [3.05, 3.63) is 0 Å². The lowest BCUT2D eigenvalue weighted by atomic mass is 9.89. The van der Waals surface area contributed by atoms with E-state index in [2.05, 4.69) is 13.8 Å². The van der Waals surface area contributed by atoms with Gasteiger partial charge in [-0.2, -0.15) is 0 Å². The van der Waals surface area contributed by atoms with Crippen LogP contribution in [0.2, 0.25) is 0 Å². The molecule has 0 aliphatic rings. The number of rotatable bonds is 8. The average molecular weight is 230 g/mol. The van der Waals surface area contributed by atoms with Crippen LogP contribution in [0.25, 0.3) is 0 Å². The van der Waals surface area contributed by atoms with Crippen LogP contribution < -0.4 is 0 Å². The Morgan fingerprint density at radius 3 is 1.75 bits per heavy atom. The molecule has 1 unspecified atom stereocenters. The summed E-state index contributed by atoms with van der Waals surface area (Å²) in [6.45, 7) is 5.98. The maximum atomic E-state index is 10.7. The smallest absolute Gasteiger partial charge is 0.318 e. The standard InChI is InChI=1S/C12H22O4/c1-8(2)6-4-5-7-9(3)10(11(13)14)12(15)16/h8-10H,4-7H2,1-3H3,(H,13,14)(H,15,16). The highest BCUT2D eigenvalue weighted by atomic mass is 16.4. The Hall–Kier alpha value is -1.06. The van der Waals surface area contributed by atoms with E-state index in [0.29, 0.717) is 12.3 Å². The van der Waals surface area contributed by atoms with E-state index in [1.165, 1.54) is 0 Å². The predicted octanol–water partition coefficient (Wildman–Crippen LogP) is 2.62. The second-order valence-corrected chi connectivity index (χ2v) is 4.81. The summed E-state index contributed by atoms with van der Waals surface area (Å²) in [5, 5.41) is 17.6. The summed E-state index contributed by atoms with van der Waals surface area (Å²) < 4.78 is 0. The topological polar surface area (TPSA) is 74.6 Å². The average Bonchev–Trinajstić information content (AvgIpc) is 2.10. The zero-order chi connectivity index (χ0) is 12.7. The van der Waals surface area contributed by atoms with Crippen LogP contribution in [0.4, 0.5) is 0 Å². The van der Waals surface area contributed by atoms with Crippen LogP contribution in [0.15, 0.2) is 0 Å². The summed E-state index contributed by atoms with van der Waals surface area (Å²) in [6.07, 6.45) is 3.71. The van der Waals surface area contributed by atoms with Crippen molar-refractivity contribution >= 4 is 11.9 Å². The van der Waals surface area contributed by atoms with E-state index in [0.717, 1.165) is 19.3 Å². The molecule has 0 fully saturated rings. The molecular weight excluding hydrogens is 208 g/mol. The summed E-state index contributed by atoms with van der Waals surface area (Å²) >= 11 is 0. The van der Waals surface area contributed by atoms with Gasteiger partial charge >= 0.3 is 11.9 Å². The van der Waals surface area contributed by atoms with Gasteiger partial charge in [-0.25, -0.2) is 0 Å². The molecule has 2 N–H and O–H groups in total. The maximum absolute atomic E-state index is 10.7. The Morgan fingerprint density at radius 2 is 1.38 bits per heavy atom. The van der Waals surface area contributed by atoms with Crippen LogP contribution in [0.5, 0.6) is 0 Å². The van der Waals surface area contributed by atoms with Gasteiger partial charge < -0.3 is 10.2 Å². The molecule has 1 atom stereocenters. The van der Waals surface area contributed by atoms with Gasteiger partial charge in [0.2, 0.25) is 0 Å². The Morgan fingerprint density at radius 1 is 0.938 bits per heavy atom. The summed E-state index contributed by atoms with van der Waals surface area (Å²) in [5.41, 5.74) is 0. The number of carboxylic acids is 2. The molecular formula is C12H22O4. The lowest BCUT2D eigenvalue weighted by molar-refractivity contribution is -0.157. The molecule has 0 bridgehead atoms. The van der Waals surface area contributed by atoms with Crippen molar-refractivity contribution in [1.82, 2.24) is 0 Å². The first-order chi connectivity index (χ1) is 7.36. The van der Waals surface area contributed by atoms with Crippen molar-refractivity contribution in [2.24, 2.45) is 17.8 Å². The van der Waals surface area contributed by atoms with Gasteiger partial charge in [-0.1, -0.05) is 40.0 Å². The normalized spacial score (nSPS) is 13.1. The SMILES string of the molecule is CC(C)CCCCC(C)C(C(=O)O)C(=O)O. The Labute approximate surface area is 96.7 Å². The largest absolute Gasteiger partial charge is 0.481 e. The minimum atomic E-state index is -1.26. The van der Waals surface area contributed by atoms with Crippen molar-refractivity contribution in [1.29, 1.82) is 0 Å². The first kappa shape index (κ1) is 14.9. The molecule has 0 aromatic carbocycles. The molecule has 0 heterocycles. The number of hydrogen-bond acceptors (Lipinski definition) is 2. The number of aliphatic carboxylic acids is 2. The summed E-state index contributed by atoms with van der Waals surface area (Å²) in [4.78, 5) is 21.5. The van der Waals surface area contributed by atoms with Crippen molar-refractivity contribution in [3.63, 3.8) is 0 Å². The van der Waals surface area contributed by atoms with E-state index in [4.69, 9.17) is 10.2 Å². The van der Waals surface area contributed by atoms with Gasteiger partial charge in [0.05, 0.1) is 0 Å². The molecule has 0 rings (SSSR count). The van der Waals surface area contributed by atoms with Crippen molar-refractivity contribution in [3.8, 4) is 0 Å². The summed E-state index contributed by atoms with van der Waals surface area (Å²) in [6, 6.07) is 0. The van der Waals surface area contributed by atoms with Crippen LogP contribution in [0.3, 0.4) is 0 Å². The number of unbranched alkanes of at least 4 members (excludes halogenated alkanes) is 1. The molecule has 0 aliphatic heterocycles. The molecule has 0 amide bonds. The van der Waals surface area contributed by atoms with Crippen LogP contribution in [0, 0.1) is 17.8 Å². The molecule has 0 aliphatic carbocycles. The molecule has 0 spiro atoms. The third-order valence-corrected chi connectivity index (χ3v) is 2.79.